The first-order chi connectivity index (χ1) is 16.6. The third-order valence-electron chi connectivity index (χ3n) is 5.98. The van der Waals surface area contributed by atoms with E-state index in [9.17, 15) is 28.8 Å². The van der Waals surface area contributed by atoms with Gasteiger partial charge in [0, 0.05) is 32.5 Å². The van der Waals surface area contributed by atoms with E-state index in [2.05, 4.69) is 0 Å². The maximum Gasteiger partial charge on any atom is 3.00 e. The van der Waals surface area contributed by atoms with E-state index in [1.807, 2.05) is 125 Å². The van der Waals surface area contributed by atoms with Gasteiger partial charge in [-0.25, -0.2) is 0 Å². The molecule has 0 amide bonds. The summed E-state index contributed by atoms with van der Waals surface area (Å²) in [6, 6.07) is 0. The molecule has 0 fully saturated rings. The van der Waals surface area contributed by atoms with Gasteiger partial charge < -0.3 is 0 Å². The third kappa shape index (κ3) is 24.2. The van der Waals surface area contributed by atoms with Gasteiger partial charge >= 0.3 is 33.6 Å². The SMILES string of the molecule is CC(C)(C)C(=O)CC(=O)C(C)(C)C.CC(C)(C)C(=O)CC(=O)C(C)(C)C.CC(C)(C)C(=O)CC(=O)C(C)(C)C.[Co+3].[Co+3]. The molecule has 0 saturated heterocycles. The molecule has 0 aliphatic rings. The van der Waals surface area contributed by atoms with Gasteiger partial charge in [-0.2, -0.15) is 0 Å². The van der Waals surface area contributed by atoms with Crippen LogP contribution in [0.25, 0.3) is 0 Å². The third-order valence-corrected chi connectivity index (χ3v) is 5.98. The minimum atomic E-state index is -0.402. The Bertz CT molecular complexity index is 698. The molecular formula is C33H60Co2O6+6. The van der Waals surface area contributed by atoms with Crippen LogP contribution < -0.4 is 0 Å². The van der Waals surface area contributed by atoms with Crippen LogP contribution in [0.3, 0.4) is 0 Å². The van der Waals surface area contributed by atoms with Gasteiger partial charge in [-0.05, 0) is 0 Å². The molecule has 0 rings (SSSR count). The van der Waals surface area contributed by atoms with E-state index in [1.165, 1.54) is 0 Å². The summed E-state index contributed by atoms with van der Waals surface area (Å²) in [6.45, 7) is 33.1. The zero-order valence-electron chi connectivity index (χ0n) is 29.2. The summed E-state index contributed by atoms with van der Waals surface area (Å²) in [5.41, 5.74) is -2.41. The molecule has 0 aliphatic carbocycles. The summed E-state index contributed by atoms with van der Waals surface area (Å²) in [6.07, 6.45) is 0.187. The van der Waals surface area contributed by atoms with Gasteiger partial charge in [0.25, 0.3) is 0 Å². The van der Waals surface area contributed by atoms with Gasteiger partial charge in [0.1, 0.15) is 34.7 Å². The van der Waals surface area contributed by atoms with E-state index in [0.717, 1.165) is 0 Å². The van der Waals surface area contributed by atoms with Crippen molar-refractivity contribution in [1.29, 1.82) is 0 Å². The van der Waals surface area contributed by atoms with Crippen molar-refractivity contribution < 1.29 is 62.3 Å². The normalized spacial score (nSPS) is 12.1. The molecule has 0 bridgehead atoms. The molecule has 0 aliphatic heterocycles. The molecular weight excluding hydrogens is 610 g/mol. The Morgan fingerprint density at radius 3 is 0.390 bits per heavy atom. The molecule has 41 heavy (non-hydrogen) atoms. The van der Waals surface area contributed by atoms with Crippen molar-refractivity contribution >= 4 is 34.7 Å². The predicted octanol–water partition coefficient (Wildman–Crippen LogP) is 7.82. The second-order valence-corrected chi connectivity index (χ2v) is 16.6. The molecule has 0 unspecified atom stereocenters. The first kappa shape index (κ1) is 49.7. The van der Waals surface area contributed by atoms with Crippen LogP contribution in [-0.2, 0) is 62.3 Å². The van der Waals surface area contributed by atoms with Gasteiger partial charge in [-0.15, -0.1) is 0 Å². The quantitative estimate of drug-likeness (QED) is 0.267. The average molecular weight is 671 g/mol. The van der Waals surface area contributed by atoms with Crippen LogP contribution in [0, 0.1) is 32.5 Å². The fraction of sp³-hybridized carbons (Fsp3) is 0.818. The van der Waals surface area contributed by atoms with E-state index in [1.54, 1.807) is 0 Å². The summed E-state index contributed by atoms with van der Waals surface area (Å²) >= 11 is 0. The molecule has 6 nitrogen and oxygen atoms in total. The Labute approximate surface area is 272 Å². The molecule has 0 heterocycles. The van der Waals surface area contributed by atoms with Crippen LogP contribution in [0.4, 0.5) is 0 Å². The Balaban J connectivity index is -0.000000154. The predicted molar refractivity (Wildman–Crippen MR) is 161 cm³/mol. The van der Waals surface area contributed by atoms with Crippen LogP contribution in [0.15, 0.2) is 0 Å². The molecule has 8 heteroatoms. The van der Waals surface area contributed by atoms with Gasteiger partial charge in [-0.1, -0.05) is 125 Å². The zero-order valence-corrected chi connectivity index (χ0v) is 31.3. The second-order valence-electron chi connectivity index (χ2n) is 16.6. The molecule has 240 valence electrons. The van der Waals surface area contributed by atoms with Crippen LogP contribution >= 0.6 is 0 Å². The molecule has 0 spiro atoms. The molecule has 0 atom stereocenters. The number of rotatable bonds is 6. The van der Waals surface area contributed by atoms with Crippen molar-refractivity contribution in [2.24, 2.45) is 32.5 Å². The average Bonchev–Trinajstić information content (AvgIpc) is 2.64. The van der Waals surface area contributed by atoms with Gasteiger partial charge in [-0.3, -0.25) is 28.8 Å². The van der Waals surface area contributed by atoms with Gasteiger partial charge in [0.2, 0.25) is 0 Å². The fourth-order valence-corrected chi connectivity index (χ4v) is 2.03. The van der Waals surface area contributed by atoms with Crippen LogP contribution in [0.1, 0.15) is 144 Å². The summed E-state index contributed by atoms with van der Waals surface area (Å²) < 4.78 is 0. The van der Waals surface area contributed by atoms with Crippen molar-refractivity contribution in [3.63, 3.8) is 0 Å². The van der Waals surface area contributed by atoms with E-state index >= 15 is 0 Å². The van der Waals surface area contributed by atoms with Crippen molar-refractivity contribution in [3.8, 4) is 0 Å². The minimum absolute atomic E-state index is 0. The second kappa shape index (κ2) is 18.0. The van der Waals surface area contributed by atoms with Gasteiger partial charge in [0.05, 0.1) is 19.3 Å². The maximum absolute atomic E-state index is 11.5. The molecule has 0 aromatic rings. The summed E-state index contributed by atoms with van der Waals surface area (Å²) in [5, 5.41) is 0. The maximum atomic E-state index is 11.5. The van der Waals surface area contributed by atoms with Crippen LogP contribution in [0.5, 0.6) is 0 Å². The fourth-order valence-electron chi connectivity index (χ4n) is 2.03. The summed E-state index contributed by atoms with van der Waals surface area (Å²) in [7, 11) is 0. The standard InChI is InChI=1S/3C11H20O2.2Co/c3*1-10(2,3)8(12)7-9(13)11(4,5)6;;/h3*7H2,1-6H3;;/q;;;2*+3. The summed E-state index contributed by atoms with van der Waals surface area (Å²) in [5.74, 6) is 0.125. The number of hydrogen-bond acceptors (Lipinski definition) is 6. The largest absolute Gasteiger partial charge is 3.00 e. The Hall–Kier alpha value is -0.967. The minimum Gasteiger partial charge on any atom is -0.299 e. The van der Waals surface area contributed by atoms with E-state index < -0.39 is 32.5 Å². The first-order valence-corrected chi connectivity index (χ1v) is 13.8. The molecule has 0 aromatic heterocycles. The summed E-state index contributed by atoms with van der Waals surface area (Å²) in [4.78, 5) is 69.0. The van der Waals surface area contributed by atoms with E-state index in [-0.39, 0.29) is 87.5 Å². The molecule has 0 aromatic carbocycles. The molecule has 0 saturated carbocycles. The van der Waals surface area contributed by atoms with Crippen molar-refractivity contribution in [1.82, 2.24) is 0 Å². The zero-order chi connectivity index (χ0) is 32.6. The number of carbonyl (C=O) groups excluding carboxylic acids is 6. The Morgan fingerprint density at radius 1 is 0.268 bits per heavy atom. The Morgan fingerprint density at radius 2 is 0.341 bits per heavy atom. The van der Waals surface area contributed by atoms with Crippen molar-refractivity contribution in [2.45, 2.75) is 144 Å². The number of ketones is 6. The smallest absolute Gasteiger partial charge is 0.299 e. The molecule has 0 N–H and O–H groups in total. The monoisotopic (exact) mass is 670 g/mol. The topological polar surface area (TPSA) is 102 Å². The number of carbonyl (C=O) groups is 6. The van der Waals surface area contributed by atoms with Crippen molar-refractivity contribution in [3.05, 3.63) is 0 Å². The van der Waals surface area contributed by atoms with Crippen LogP contribution in [-0.4, -0.2) is 34.7 Å². The molecule has 0 radical (unpaired) electrons. The number of hydrogen-bond donors (Lipinski definition) is 0. The van der Waals surface area contributed by atoms with E-state index in [0.29, 0.717) is 0 Å². The van der Waals surface area contributed by atoms with Crippen molar-refractivity contribution in [2.75, 3.05) is 0 Å². The van der Waals surface area contributed by atoms with Crippen LogP contribution in [0.2, 0.25) is 0 Å². The first-order valence-electron chi connectivity index (χ1n) is 13.8. The van der Waals surface area contributed by atoms with E-state index in [4.69, 9.17) is 0 Å². The van der Waals surface area contributed by atoms with Gasteiger partial charge in [0.15, 0.2) is 0 Å². The Kier molecular flexibility index (Phi) is 21.8. The number of Topliss-reactive ketones (excluding diaryl/α,β-unsaturated/α-hetero) is 6.